The average molecular weight is 508 g/mol. The number of hydrogen-bond acceptors (Lipinski definition) is 6. The van der Waals surface area contributed by atoms with Crippen LogP contribution in [-0.4, -0.2) is 51.4 Å². The second-order valence-corrected chi connectivity index (χ2v) is 9.99. The van der Waals surface area contributed by atoms with Crippen LogP contribution in [0.25, 0.3) is 11.4 Å². The highest BCUT2D eigenvalue weighted by Gasteiger charge is 2.27. The Labute approximate surface area is 215 Å². The summed E-state index contributed by atoms with van der Waals surface area (Å²) in [5, 5.41) is 7.79. The molecule has 2 fully saturated rings. The van der Waals surface area contributed by atoms with E-state index in [2.05, 4.69) is 20.4 Å². The molecule has 188 valence electrons. The lowest BCUT2D eigenvalue weighted by Gasteiger charge is -2.30. The zero-order chi connectivity index (χ0) is 24.9. The van der Waals surface area contributed by atoms with E-state index in [1.165, 1.54) is 0 Å². The van der Waals surface area contributed by atoms with Crippen molar-refractivity contribution in [3.8, 4) is 11.4 Å². The minimum atomic E-state index is -0.0745. The van der Waals surface area contributed by atoms with E-state index in [1.807, 2.05) is 41.3 Å². The fraction of sp³-hybridized carbons (Fsp3) is 0.407. The van der Waals surface area contributed by atoms with Gasteiger partial charge in [-0.3, -0.25) is 14.5 Å². The van der Waals surface area contributed by atoms with Crippen molar-refractivity contribution in [1.29, 1.82) is 0 Å². The molecule has 3 heterocycles. The Morgan fingerprint density at radius 1 is 1.08 bits per heavy atom. The van der Waals surface area contributed by atoms with Gasteiger partial charge in [-0.05, 0) is 49.1 Å². The van der Waals surface area contributed by atoms with Gasteiger partial charge in [0.05, 0.1) is 12.5 Å². The molecule has 0 saturated carbocycles. The topological polar surface area (TPSA) is 91.6 Å². The van der Waals surface area contributed by atoms with Crippen LogP contribution in [-0.2, 0) is 29.2 Å². The average Bonchev–Trinajstić information content (AvgIpc) is 3.52. The van der Waals surface area contributed by atoms with Crippen molar-refractivity contribution in [2.45, 2.75) is 45.3 Å². The van der Waals surface area contributed by atoms with Crippen LogP contribution in [0.1, 0.15) is 42.7 Å². The van der Waals surface area contributed by atoms with Gasteiger partial charge in [0.15, 0.2) is 0 Å². The largest absolute Gasteiger partial charge is 0.352 e. The van der Waals surface area contributed by atoms with Crippen LogP contribution in [0, 0.1) is 5.92 Å². The van der Waals surface area contributed by atoms with E-state index >= 15 is 0 Å². The lowest BCUT2D eigenvalue weighted by atomic mass is 9.97. The first kappa shape index (κ1) is 24.5. The SMILES string of the molecule is O=C(NCc1ccc(CN2CCCC2=O)cc1)C1CCCN(Cc2nc(-c3cccc(Cl)c3)no2)C1. The molecule has 2 aliphatic heterocycles. The van der Waals surface area contributed by atoms with Crippen LogP contribution in [0.5, 0.6) is 0 Å². The summed E-state index contributed by atoms with van der Waals surface area (Å²) in [4.78, 5) is 33.3. The number of piperidine rings is 1. The first-order valence-corrected chi connectivity index (χ1v) is 12.9. The molecule has 9 heteroatoms. The van der Waals surface area contributed by atoms with Gasteiger partial charge in [-0.15, -0.1) is 0 Å². The number of halogens is 1. The number of nitrogens with one attached hydrogen (secondary N) is 1. The summed E-state index contributed by atoms with van der Waals surface area (Å²) in [6.07, 6.45) is 3.40. The van der Waals surface area contributed by atoms with Gasteiger partial charge < -0.3 is 14.7 Å². The zero-order valence-electron chi connectivity index (χ0n) is 20.2. The summed E-state index contributed by atoms with van der Waals surface area (Å²) in [5.74, 6) is 1.26. The molecule has 3 aromatic rings. The quantitative estimate of drug-likeness (QED) is 0.494. The number of aromatic nitrogens is 2. The van der Waals surface area contributed by atoms with E-state index in [4.69, 9.17) is 16.1 Å². The minimum Gasteiger partial charge on any atom is -0.352 e. The molecule has 1 atom stereocenters. The normalized spacial score (nSPS) is 18.5. The lowest BCUT2D eigenvalue weighted by molar-refractivity contribution is -0.128. The third-order valence-electron chi connectivity index (χ3n) is 6.82. The number of hydrogen-bond donors (Lipinski definition) is 1. The van der Waals surface area contributed by atoms with E-state index in [0.29, 0.717) is 49.3 Å². The zero-order valence-corrected chi connectivity index (χ0v) is 20.9. The first-order chi connectivity index (χ1) is 17.5. The van der Waals surface area contributed by atoms with Crippen molar-refractivity contribution in [3.63, 3.8) is 0 Å². The first-order valence-electron chi connectivity index (χ1n) is 12.5. The Kier molecular flexibility index (Phi) is 7.63. The highest BCUT2D eigenvalue weighted by molar-refractivity contribution is 6.30. The van der Waals surface area contributed by atoms with E-state index in [9.17, 15) is 9.59 Å². The predicted octanol–water partition coefficient (Wildman–Crippen LogP) is 4.04. The molecule has 36 heavy (non-hydrogen) atoms. The number of rotatable bonds is 8. The molecule has 5 rings (SSSR count). The van der Waals surface area contributed by atoms with Gasteiger partial charge in [0, 0.05) is 43.2 Å². The molecule has 0 bridgehead atoms. The Morgan fingerprint density at radius 3 is 2.69 bits per heavy atom. The summed E-state index contributed by atoms with van der Waals surface area (Å²) < 4.78 is 5.45. The van der Waals surface area contributed by atoms with Crippen molar-refractivity contribution in [1.82, 2.24) is 25.3 Å². The Balaban J connectivity index is 1.10. The Hall–Kier alpha value is -3.23. The summed E-state index contributed by atoms with van der Waals surface area (Å²) in [6.45, 7) is 4.04. The minimum absolute atomic E-state index is 0.0663. The van der Waals surface area contributed by atoms with Crippen LogP contribution in [0.15, 0.2) is 53.1 Å². The van der Waals surface area contributed by atoms with Crippen molar-refractivity contribution in [3.05, 3.63) is 70.6 Å². The van der Waals surface area contributed by atoms with Gasteiger partial charge in [0.1, 0.15) is 0 Å². The van der Waals surface area contributed by atoms with Crippen LogP contribution < -0.4 is 5.32 Å². The number of amides is 2. The van der Waals surface area contributed by atoms with Crippen LogP contribution in [0.2, 0.25) is 5.02 Å². The number of carbonyl (C=O) groups is 2. The number of nitrogens with zero attached hydrogens (tertiary/aromatic N) is 4. The molecule has 2 amide bonds. The molecular weight excluding hydrogens is 478 g/mol. The highest BCUT2D eigenvalue weighted by Crippen LogP contribution is 2.22. The number of carbonyl (C=O) groups excluding carboxylic acids is 2. The van der Waals surface area contributed by atoms with Crippen LogP contribution in [0.3, 0.4) is 0 Å². The van der Waals surface area contributed by atoms with Gasteiger partial charge in [0.2, 0.25) is 23.5 Å². The second kappa shape index (κ2) is 11.2. The molecule has 1 unspecified atom stereocenters. The van der Waals surface area contributed by atoms with E-state index in [-0.39, 0.29) is 17.7 Å². The summed E-state index contributed by atoms with van der Waals surface area (Å²) in [6, 6.07) is 15.5. The highest BCUT2D eigenvalue weighted by atomic mass is 35.5. The van der Waals surface area contributed by atoms with Crippen molar-refractivity contribution in [2.24, 2.45) is 5.92 Å². The van der Waals surface area contributed by atoms with E-state index in [0.717, 1.165) is 49.0 Å². The maximum atomic E-state index is 12.9. The molecule has 1 N–H and O–H groups in total. The van der Waals surface area contributed by atoms with Crippen LogP contribution in [0.4, 0.5) is 0 Å². The molecule has 2 aliphatic rings. The Morgan fingerprint density at radius 2 is 1.92 bits per heavy atom. The molecule has 0 aliphatic carbocycles. The summed E-state index contributed by atoms with van der Waals surface area (Å²) in [7, 11) is 0. The maximum Gasteiger partial charge on any atom is 0.241 e. The summed E-state index contributed by atoms with van der Waals surface area (Å²) in [5.41, 5.74) is 2.97. The standard InChI is InChI=1S/C27H30ClN5O3/c28-23-6-1-4-21(14-23)26-30-24(36-31-26)18-32-12-2-5-22(17-32)27(35)29-15-19-8-10-20(11-9-19)16-33-13-3-7-25(33)34/h1,4,6,8-11,14,22H,2-3,5,7,12-13,15-18H2,(H,29,35). The Bertz CT molecular complexity index is 1210. The predicted molar refractivity (Wildman–Crippen MR) is 136 cm³/mol. The molecular formula is C27H30ClN5O3. The fourth-order valence-electron chi connectivity index (χ4n) is 4.86. The van der Waals surface area contributed by atoms with E-state index in [1.54, 1.807) is 12.1 Å². The van der Waals surface area contributed by atoms with Crippen molar-refractivity contribution < 1.29 is 14.1 Å². The lowest BCUT2D eigenvalue weighted by Crippen LogP contribution is -2.42. The van der Waals surface area contributed by atoms with Gasteiger partial charge >= 0.3 is 0 Å². The third-order valence-corrected chi connectivity index (χ3v) is 7.06. The third kappa shape index (κ3) is 6.12. The smallest absolute Gasteiger partial charge is 0.241 e. The van der Waals surface area contributed by atoms with Gasteiger partial charge in [-0.1, -0.05) is 53.2 Å². The number of likely N-dealkylation sites (tertiary alicyclic amines) is 2. The van der Waals surface area contributed by atoms with Gasteiger partial charge in [-0.25, -0.2) is 0 Å². The number of benzene rings is 2. The second-order valence-electron chi connectivity index (χ2n) is 9.55. The van der Waals surface area contributed by atoms with E-state index < -0.39 is 0 Å². The van der Waals surface area contributed by atoms with Crippen LogP contribution >= 0.6 is 11.6 Å². The van der Waals surface area contributed by atoms with Crippen molar-refractivity contribution >= 4 is 23.4 Å². The van der Waals surface area contributed by atoms with Gasteiger partial charge in [-0.2, -0.15) is 4.98 Å². The molecule has 2 saturated heterocycles. The maximum absolute atomic E-state index is 12.9. The molecule has 2 aromatic carbocycles. The molecule has 0 radical (unpaired) electrons. The summed E-state index contributed by atoms with van der Waals surface area (Å²) >= 11 is 6.07. The molecule has 1 aromatic heterocycles. The monoisotopic (exact) mass is 507 g/mol. The fourth-order valence-corrected chi connectivity index (χ4v) is 5.05. The molecule has 0 spiro atoms. The molecule has 8 nitrogen and oxygen atoms in total. The van der Waals surface area contributed by atoms with Crippen molar-refractivity contribution in [2.75, 3.05) is 19.6 Å². The van der Waals surface area contributed by atoms with Gasteiger partial charge in [0.25, 0.3) is 0 Å².